The normalized spacial score (nSPS) is 17.6. The van der Waals surface area contributed by atoms with E-state index in [9.17, 15) is 23.3 Å². The number of benzene rings is 1. The minimum absolute atomic E-state index is 0.322. The average molecular weight is 260 g/mol. The highest BCUT2D eigenvalue weighted by Gasteiger charge is 2.47. The Labute approximate surface area is 101 Å². The number of hydrogen-bond acceptors (Lipinski definition) is 3. The van der Waals surface area contributed by atoms with Crippen molar-refractivity contribution >= 4 is 5.69 Å². The van der Waals surface area contributed by atoms with E-state index in [0.29, 0.717) is 24.5 Å². The predicted octanol–water partition coefficient (Wildman–Crippen LogP) is 2.82. The monoisotopic (exact) mass is 260 g/mol. The fourth-order valence-corrected chi connectivity index (χ4v) is 2.04. The van der Waals surface area contributed by atoms with Crippen LogP contribution in [-0.4, -0.2) is 12.0 Å². The number of nitro benzene ring substituents is 1. The summed E-state index contributed by atoms with van der Waals surface area (Å²) in [6.07, 6.45) is -3.19. The van der Waals surface area contributed by atoms with Gasteiger partial charge in [-0.2, -0.15) is 13.2 Å². The van der Waals surface area contributed by atoms with E-state index in [2.05, 4.69) is 5.32 Å². The molecule has 0 saturated heterocycles. The van der Waals surface area contributed by atoms with Crippen molar-refractivity contribution in [1.29, 1.82) is 0 Å². The Morgan fingerprint density at radius 1 is 1.39 bits per heavy atom. The van der Waals surface area contributed by atoms with E-state index in [0.717, 1.165) is 6.07 Å². The molecule has 0 bridgehead atoms. The van der Waals surface area contributed by atoms with Crippen molar-refractivity contribution in [2.24, 2.45) is 0 Å². The molecular weight excluding hydrogens is 249 g/mol. The smallest absolute Gasteiger partial charge is 0.310 e. The first kappa shape index (κ1) is 12.8. The Balaban J connectivity index is 2.53. The van der Waals surface area contributed by atoms with Gasteiger partial charge < -0.3 is 5.32 Å². The van der Waals surface area contributed by atoms with Gasteiger partial charge in [-0.1, -0.05) is 0 Å². The van der Waals surface area contributed by atoms with Crippen LogP contribution in [0.15, 0.2) is 18.2 Å². The van der Waals surface area contributed by atoms with Crippen molar-refractivity contribution in [3.8, 4) is 0 Å². The summed E-state index contributed by atoms with van der Waals surface area (Å²) < 4.78 is 37.6. The number of nitrogens with zero attached hydrogens (tertiary/aromatic N) is 1. The van der Waals surface area contributed by atoms with Gasteiger partial charge in [0.1, 0.15) is 0 Å². The Hall–Kier alpha value is -1.63. The number of halogens is 3. The van der Waals surface area contributed by atoms with Crippen molar-refractivity contribution in [3.63, 3.8) is 0 Å². The van der Waals surface area contributed by atoms with Crippen LogP contribution in [0.3, 0.4) is 0 Å². The summed E-state index contributed by atoms with van der Waals surface area (Å²) >= 11 is 0. The van der Waals surface area contributed by atoms with Gasteiger partial charge in [0.2, 0.25) is 0 Å². The number of alkyl halides is 3. The summed E-state index contributed by atoms with van der Waals surface area (Å²) in [5, 5.41) is 13.8. The van der Waals surface area contributed by atoms with Gasteiger partial charge >= 0.3 is 6.18 Å². The summed E-state index contributed by atoms with van der Waals surface area (Å²) in [5.74, 6) is 0. The lowest BCUT2D eigenvalue weighted by Gasteiger charge is -2.16. The zero-order valence-corrected chi connectivity index (χ0v) is 9.54. The number of hydrogen-bond donors (Lipinski definition) is 1. The summed E-state index contributed by atoms with van der Waals surface area (Å²) in [5.41, 5.74) is -1.68. The first-order chi connectivity index (χ1) is 8.30. The zero-order valence-electron chi connectivity index (χ0n) is 9.54. The zero-order chi connectivity index (χ0) is 13.6. The van der Waals surface area contributed by atoms with Gasteiger partial charge in [-0.05, 0) is 32.0 Å². The molecule has 7 heteroatoms. The highest BCUT2D eigenvalue weighted by molar-refractivity contribution is 5.50. The molecule has 98 valence electrons. The molecule has 1 fully saturated rings. The molecule has 4 nitrogen and oxygen atoms in total. The molecule has 0 heterocycles. The van der Waals surface area contributed by atoms with Crippen LogP contribution in [0.2, 0.25) is 0 Å². The standard InChI is InChI=1S/C11H11F3N2O2/c1-15-10(4-5-10)8-3-2-7(11(12,13)14)6-9(8)16(17)18/h2-3,6,15H,4-5H2,1H3. The quantitative estimate of drug-likeness (QED) is 0.671. The number of rotatable bonds is 3. The second-order valence-corrected chi connectivity index (χ2v) is 4.32. The molecule has 1 aliphatic carbocycles. The molecule has 1 aromatic carbocycles. The minimum Gasteiger partial charge on any atom is -0.310 e. The Morgan fingerprint density at radius 3 is 2.39 bits per heavy atom. The molecule has 0 aliphatic heterocycles. The molecule has 1 N–H and O–H groups in total. The van der Waals surface area contributed by atoms with Crippen molar-refractivity contribution in [3.05, 3.63) is 39.4 Å². The maximum Gasteiger partial charge on any atom is 0.416 e. The van der Waals surface area contributed by atoms with Crippen LogP contribution in [0.4, 0.5) is 18.9 Å². The predicted molar refractivity (Wildman–Crippen MR) is 58.1 cm³/mol. The first-order valence-electron chi connectivity index (χ1n) is 5.35. The van der Waals surface area contributed by atoms with Gasteiger partial charge in [0.25, 0.3) is 5.69 Å². The van der Waals surface area contributed by atoms with Crippen LogP contribution >= 0.6 is 0 Å². The lowest BCUT2D eigenvalue weighted by atomic mass is 10.0. The largest absolute Gasteiger partial charge is 0.416 e. The van der Waals surface area contributed by atoms with E-state index in [4.69, 9.17) is 0 Å². The number of nitro groups is 1. The molecule has 0 spiro atoms. The van der Waals surface area contributed by atoms with Crippen molar-refractivity contribution in [1.82, 2.24) is 5.32 Å². The molecule has 18 heavy (non-hydrogen) atoms. The highest BCUT2D eigenvalue weighted by atomic mass is 19.4. The first-order valence-corrected chi connectivity index (χ1v) is 5.35. The van der Waals surface area contributed by atoms with Crippen LogP contribution in [0, 0.1) is 10.1 Å². The Morgan fingerprint density at radius 2 is 2.00 bits per heavy atom. The van der Waals surface area contributed by atoms with Gasteiger partial charge in [-0.25, -0.2) is 0 Å². The molecule has 0 unspecified atom stereocenters. The van der Waals surface area contributed by atoms with E-state index >= 15 is 0 Å². The molecular formula is C11H11F3N2O2. The van der Waals surface area contributed by atoms with Gasteiger partial charge in [-0.15, -0.1) is 0 Å². The van der Waals surface area contributed by atoms with Crippen molar-refractivity contribution < 1.29 is 18.1 Å². The van der Waals surface area contributed by atoms with Gasteiger partial charge in [0.05, 0.1) is 16.0 Å². The summed E-state index contributed by atoms with van der Waals surface area (Å²) in [4.78, 5) is 10.1. The van der Waals surface area contributed by atoms with Gasteiger partial charge in [0, 0.05) is 11.6 Å². The Kier molecular flexibility index (Phi) is 2.81. The SMILES string of the molecule is CNC1(c2ccc(C(F)(F)F)cc2[N+](=O)[O-])CC1. The van der Waals surface area contributed by atoms with E-state index < -0.39 is 27.9 Å². The van der Waals surface area contributed by atoms with Crippen molar-refractivity contribution in [2.75, 3.05) is 7.05 Å². The molecule has 0 radical (unpaired) electrons. The second-order valence-electron chi connectivity index (χ2n) is 4.32. The third-order valence-corrected chi connectivity index (χ3v) is 3.27. The molecule has 0 atom stereocenters. The highest BCUT2D eigenvalue weighted by Crippen LogP contribution is 2.49. The molecule has 2 rings (SSSR count). The molecule has 0 aromatic heterocycles. The maximum atomic E-state index is 12.5. The second kappa shape index (κ2) is 3.94. The minimum atomic E-state index is -4.57. The van der Waals surface area contributed by atoms with E-state index in [1.54, 1.807) is 7.05 Å². The molecule has 1 saturated carbocycles. The number of nitrogens with one attached hydrogen (secondary N) is 1. The van der Waals surface area contributed by atoms with Gasteiger partial charge in [-0.3, -0.25) is 10.1 Å². The van der Waals surface area contributed by atoms with Crippen LogP contribution in [0.25, 0.3) is 0 Å². The third-order valence-electron chi connectivity index (χ3n) is 3.27. The molecule has 1 aliphatic rings. The fourth-order valence-electron chi connectivity index (χ4n) is 2.04. The average Bonchev–Trinajstić information content (AvgIpc) is 3.07. The van der Waals surface area contributed by atoms with Crippen LogP contribution in [0.5, 0.6) is 0 Å². The molecule has 1 aromatic rings. The summed E-state index contributed by atoms with van der Waals surface area (Å²) in [7, 11) is 1.65. The van der Waals surface area contributed by atoms with Crippen molar-refractivity contribution in [2.45, 2.75) is 24.6 Å². The summed E-state index contributed by atoms with van der Waals surface area (Å²) in [6, 6.07) is 2.69. The van der Waals surface area contributed by atoms with Crippen LogP contribution in [0.1, 0.15) is 24.0 Å². The lowest BCUT2D eigenvalue weighted by Crippen LogP contribution is -2.25. The van der Waals surface area contributed by atoms with E-state index in [1.165, 1.54) is 6.07 Å². The van der Waals surface area contributed by atoms with E-state index in [-0.39, 0.29) is 0 Å². The maximum absolute atomic E-state index is 12.5. The topological polar surface area (TPSA) is 55.2 Å². The third kappa shape index (κ3) is 2.05. The van der Waals surface area contributed by atoms with Gasteiger partial charge in [0.15, 0.2) is 0 Å². The Bertz CT molecular complexity index is 496. The van der Waals surface area contributed by atoms with Crippen LogP contribution in [-0.2, 0) is 11.7 Å². The molecule has 0 amide bonds. The lowest BCUT2D eigenvalue weighted by molar-refractivity contribution is -0.386. The summed E-state index contributed by atoms with van der Waals surface area (Å²) in [6.45, 7) is 0. The van der Waals surface area contributed by atoms with E-state index in [1.807, 2.05) is 0 Å². The van der Waals surface area contributed by atoms with Crippen LogP contribution < -0.4 is 5.32 Å². The fraction of sp³-hybridized carbons (Fsp3) is 0.455.